The van der Waals surface area contributed by atoms with Gasteiger partial charge in [-0.05, 0) is 36.5 Å². The van der Waals surface area contributed by atoms with E-state index in [0.717, 1.165) is 30.8 Å². The SMILES string of the molecule is Cc1c(Cl)cccc1NC(=O)CN1CCC(N)C(C)(C)C1. The van der Waals surface area contributed by atoms with Crippen LogP contribution in [0.15, 0.2) is 18.2 Å². The molecule has 1 unspecified atom stereocenters. The molecule has 0 spiro atoms. The molecule has 2 rings (SSSR count). The molecular weight excluding hydrogens is 286 g/mol. The second-order valence-electron chi connectivity index (χ2n) is 6.55. The van der Waals surface area contributed by atoms with Crippen LogP contribution < -0.4 is 11.1 Å². The van der Waals surface area contributed by atoms with Gasteiger partial charge in [0.05, 0.1) is 6.54 Å². The normalized spacial score (nSPS) is 22.0. The summed E-state index contributed by atoms with van der Waals surface area (Å²) in [4.78, 5) is 14.4. The molecule has 0 radical (unpaired) electrons. The topological polar surface area (TPSA) is 58.4 Å². The molecule has 5 heteroatoms. The summed E-state index contributed by atoms with van der Waals surface area (Å²) in [6.45, 7) is 8.32. The smallest absolute Gasteiger partial charge is 0.238 e. The highest BCUT2D eigenvalue weighted by Gasteiger charge is 2.33. The Morgan fingerprint density at radius 3 is 2.90 bits per heavy atom. The molecule has 0 bridgehead atoms. The van der Waals surface area contributed by atoms with E-state index in [1.165, 1.54) is 0 Å². The highest BCUT2D eigenvalue weighted by molar-refractivity contribution is 6.31. The van der Waals surface area contributed by atoms with E-state index < -0.39 is 0 Å². The Hall–Kier alpha value is -1.10. The number of amides is 1. The summed E-state index contributed by atoms with van der Waals surface area (Å²) in [5.74, 6) is -0.00774. The van der Waals surface area contributed by atoms with Crippen molar-refractivity contribution in [2.45, 2.75) is 33.2 Å². The minimum atomic E-state index is -0.00774. The fourth-order valence-electron chi connectivity index (χ4n) is 2.76. The molecule has 1 heterocycles. The van der Waals surface area contributed by atoms with E-state index in [1.54, 1.807) is 0 Å². The molecule has 1 fully saturated rings. The summed E-state index contributed by atoms with van der Waals surface area (Å²) in [7, 11) is 0. The number of nitrogens with two attached hydrogens (primary N) is 1. The van der Waals surface area contributed by atoms with Crippen molar-refractivity contribution in [3.05, 3.63) is 28.8 Å². The van der Waals surface area contributed by atoms with Gasteiger partial charge in [-0.15, -0.1) is 0 Å². The number of piperidine rings is 1. The van der Waals surface area contributed by atoms with Crippen LogP contribution >= 0.6 is 11.6 Å². The van der Waals surface area contributed by atoms with E-state index in [-0.39, 0.29) is 17.4 Å². The molecule has 0 saturated carbocycles. The number of carbonyl (C=O) groups excluding carboxylic acids is 1. The maximum Gasteiger partial charge on any atom is 0.238 e. The summed E-state index contributed by atoms with van der Waals surface area (Å²) in [5.41, 5.74) is 7.84. The molecule has 1 aromatic carbocycles. The maximum atomic E-state index is 12.2. The molecule has 3 N–H and O–H groups in total. The number of likely N-dealkylation sites (tertiary alicyclic amines) is 1. The average molecular weight is 310 g/mol. The van der Waals surface area contributed by atoms with Crippen LogP contribution in [0.4, 0.5) is 5.69 Å². The fraction of sp³-hybridized carbons (Fsp3) is 0.562. The minimum absolute atomic E-state index is 0.00774. The lowest BCUT2D eigenvalue weighted by molar-refractivity contribution is -0.118. The van der Waals surface area contributed by atoms with Crippen LogP contribution in [-0.2, 0) is 4.79 Å². The predicted molar refractivity (Wildman–Crippen MR) is 87.6 cm³/mol. The van der Waals surface area contributed by atoms with Crippen LogP contribution in [0.1, 0.15) is 25.8 Å². The fourth-order valence-corrected chi connectivity index (χ4v) is 2.93. The quantitative estimate of drug-likeness (QED) is 0.902. The van der Waals surface area contributed by atoms with Gasteiger partial charge in [0.15, 0.2) is 0 Å². The lowest BCUT2D eigenvalue weighted by atomic mass is 9.80. The predicted octanol–water partition coefficient (Wildman–Crippen LogP) is 2.65. The van der Waals surface area contributed by atoms with E-state index in [4.69, 9.17) is 17.3 Å². The van der Waals surface area contributed by atoms with E-state index >= 15 is 0 Å². The van der Waals surface area contributed by atoms with Gasteiger partial charge in [-0.2, -0.15) is 0 Å². The summed E-state index contributed by atoms with van der Waals surface area (Å²) in [6.07, 6.45) is 0.927. The number of nitrogens with one attached hydrogen (secondary N) is 1. The van der Waals surface area contributed by atoms with E-state index in [9.17, 15) is 4.79 Å². The molecule has 21 heavy (non-hydrogen) atoms. The van der Waals surface area contributed by atoms with Crippen LogP contribution in [-0.4, -0.2) is 36.5 Å². The van der Waals surface area contributed by atoms with Crippen molar-refractivity contribution in [2.24, 2.45) is 11.1 Å². The standard InChI is InChI=1S/C16H24ClN3O/c1-11-12(17)5-4-6-13(11)19-15(21)9-20-8-7-14(18)16(2,3)10-20/h4-6,14H,7-10,18H2,1-3H3,(H,19,21). The first-order chi connectivity index (χ1) is 9.79. The molecular formula is C16H24ClN3O. The van der Waals surface area contributed by atoms with Gasteiger partial charge in [-0.3, -0.25) is 9.69 Å². The maximum absolute atomic E-state index is 12.2. The van der Waals surface area contributed by atoms with Crippen LogP contribution in [0.5, 0.6) is 0 Å². The Kier molecular flexibility index (Phi) is 4.91. The number of nitrogens with zero attached hydrogens (tertiary/aromatic N) is 1. The van der Waals surface area contributed by atoms with Gasteiger partial charge in [0, 0.05) is 29.8 Å². The van der Waals surface area contributed by atoms with Crippen LogP contribution in [0.25, 0.3) is 0 Å². The van der Waals surface area contributed by atoms with Gasteiger partial charge in [0.25, 0.3) is 0 Å². The first kappa shape index (κ1) is 16.3. The number of rotatable bonds is 3. The number of hydrogen-bond donors (Lipinski definition) is 2. The third kappa shape index (κ3) is 3.96. The van der Waals surface area contributed by atoms with Crippen molar-refractivity contribution >= 4 is 23.2 Å². The molecule has 116 valence electrons. The van der Waals surface area contributed by atoms with Gasteiger partial charge in [0.2, 0.25) is 5.91 Å². The molecule has 1 aromatic rings. The van der Waals surface area contributed by atoms with Crippen molar-refractivity contribution < 1.29 is 4.79 Å². The average Bonchev–Trinajstić information content (AvgIpc) is 2.39. The van der Waals surface area contributed by atoms with Crippen LogP contribution in [0.3, 0.4) is 0 Å². The van der Waals surface area contributed by atoms with Crippen molar-refractivity contribution in [1.82, 2.24) is 4.90 Å². The molecule has 1 aliphatic heterocycles. The van der Waals surface area contributed by atoms with Crippen LogP contribution in [0.2, 0.25) is 5.02 Å². The molecule has 1 saturated heterocycles. The van der Waals surface area contributed by atoms with Crippen molar-refractivity contribution in [2.75, 3.05) is 25.0 Å². The Morgan fingerprint density at radius 1 is 1.52 bits per heavy atom. The number of carbonyl (C=O) groups is 1. The second kappa shape index (κ2) is 6.34. The Morgan fingerprint density at radius 2 is 2.24 bits per heavy atom. The minimum Gasteiger partial charge on any atom is -0.327 e. The number of anilines is 1. The first-order valence-electron chi connectivity index (χ1n) is 7.32. The zero-order valence-electron chi connectivity index (χ0n) is 12.9. The van der Waals surface area contributed by atoms with Crippen molar-refractivity contribution in [3.63, 3.8) is 0 Å². The zero-order valence-corrected chi connectivity index (χ0v) is 13.7. The lowest BCUT2D eigenvalue weighted by Gasteiger charge is -2.42. The van der Waals surface area contributed by atoms with E-state index in [2.05, 4.69) is 24.1 Å². The molecule has 1 aliphatic rings. The Balaban J connectivity index is 1.95. The summed E-state index contributed by atoms with van der Waals surface area (Å²) >= 11 is 6.07. The largest absolute Gasteiger partial charge is 0.327 e. The van der Waals surface area contributed by atoms with Crippen molar-refractivity contribution in [3.8, 4) is 0 Å². The molecule has 1 atom stereocenters. The highest BCUT2D eigenvalue weighted by atomic mass is 35.5. The van der Waals surface area contributed by atoms with Gasteiger partial charge in [-0.1, -0.05) is 31.5 Å². The van der Waals surface area contributed by atoms with E-state index in [1.807, 2.05) is 25.1 Å². The van der Waals surface area contributed by atoms with Gasteiger partial charge in [-0.25, -0.2) is 0 Å². The van der Waals surface area contributed by atoms with Gasteiger partial charge in [0.1, 0.15) is 0 Å². The zero-order chi connectivity index (χ0) is 15.6. The van der Waals surface area contributed by atoms with Gasteiger partial charge >= 0.3 is 0 Å². The van der Waals surface area contributed by atoms with Gasteiger partial charge < -0.3 is 11.1 Å². The molecule has 4 nitrogen and oxygen atoms in total. The third-order valence-electron chi connectivity index (χ3n) is 4.30. The van der Waals surface area contributed by atoms with Crippen molar-refractivity contribution in [1.29, 1.82) is 0 Å². The second-order valence-corrected chi connectivity index (χ2v) is 6.96. The monoisotopic (exact) mass is 309 g/mol. The molecule has 0 aliphatic carbocycles. The lowest BCUT2D eigenvalue weighted by Crippen LogP contribution is -2.53. The number of hydrogen-bond acceptors (Lipinski definition) is 3. The Labute approximate surface area is 131 Å². The molecule has 0 aromatic heterocycles. The number of benzene rings is 1. The first-order valence-corrected chi connectivity index (χ1v) is 7.70. The third-order valence-corrected chi connectivity index (χ3v) is 4.71. The Bertz CT molecular complexity index is 530. The number of halogens is 1. The van der Waals surface area contributed by atoms with E-state index in [0.29, 0.717) is 11.6 Å². The summed E-state index contributed by atoms with van der Waals surface area (Å²) < 4.78 is 0. The highest BCUT2D eigenvalue weighted by Crippen LogP contribution is 2.27. The summed E-state index contributed by atoms with van der Waals surface area (Å²) in [5, 5.41) is 3.61. The summed E-state index contributed by atoms with van der Waals surface area (Å²) in [6, 6.07) is 5.73. The van der Waals surface area contributed by atoms with Crippen LogP contribution in [0, 0.1) is 12.3 Å². The molecule has 1 amide bonds.